The zero-order valence-corrected chi connectivity index (χ0v) is 8.36. The Kier molecular flexibility index (Phi) is 2.54. The standard InChI is InChI=1S/C10H13O2S/c11-9-5-8(10(12)6-9)7-13-3-1-2-4-13/h5H,1-4,6-7H2/q+1. The van der Waals surface area contributed by atoms with Gasteiger partial charge in [0.1, 0.15) is 17.3 Å². The van der Waals surface area contributed by atoms with Gasteiger partial charge in [-0.2, -0.15) is 0 Å². The van der Waals surface area contributed by atoms with Crippen molar-refractivity contribution in [2.24, 2.45) is 0 Å². The zero-order valence-electron chi connectivity index (χ0n) is 7.54. The minimum Gasteiger partial charge on any atom is -0.294 e. The Balaban J connectivity index is 1.97. The molecular formula is C10H13O2S+. The largest absolute Gasteiger partial charge is 0.294 e. The van der Waals surface area contributed by atoms with E-state index in [-0.39, 0.29) is 18.0 Å². The number of hydrogen-bond donors (Lipinski definition) is 0. The minimum absolute atomic E-state index is 0.00259. The van der Waals surface area contributed by atoms with Crippen molar-refractivity contribution in [3.63, 3.8) is 0 Å². The summed E-state index contributed by atoms with van der Waals surface area (Å²) < 4.78 is 0. The van der Waals surface area contributed by atoms with Crippen LogP contribution in [0.5, 0.6) is 0 Å². The van der Waals surface area contributed by atoms with Crippen LogP contribution in [0.15, 0.2) is 11.6 Å². The molecule has 0 N–H and O–H groups in total. The lowest BCUT2D eigenvalue weighted by molar-refractivity contribution is -0.120. The molecule has 0 aromatic carbocycles. The number of carbonyl (C=O) groups excluding carboxylic acids is 2. The van der Waals surface area contributed by atoms with Gasteiger partial charge < -0.3 is 0 Å². The number of ketones is 2. The molecule has 0 bridgehead atoms. The van der Waals surface area contributed by atoms with Crippen LogP contribution < -0.4 is 0 Å². The number of carbonyl (C=O) groups is 2. The molecule has 1 aliphatic carbocycles. The maximum absolute atomic E-state index is 11.3. The van der Waals surface area contributed by atoms with E-state index >= 15 is 0 Å². The highest BCUT2D eigenvalue weighted by Gasteiger charge is 2.31. The van der Waals surface area contributed by atoms with Gasteiger partial charge in [0.25, 0.3) is 0 Å². The first-order valence-electron chi connectivity index (χ1n) is 4.66. The number of hydrogen-bond acceptors (Lipinski definition) is 2. The fraction of sp³-hybridized carbons (Fsp3) is 0.600. The Morgan fingerprint density at radius 1 is 1.23 bits per heavy atom. The molecule has 0 amide bonds. The molecule has 0 aromatic rings. The average molecular weight is 197 g/mol. The second kappa shape index (κ2) is 3.66. The molecule has 0 atom stereocenters. The van der Waals surface area contributed by atoms with E-state index in [1.807, 2.05) is 0 Å². The van der Waals surface area contributed by atoms with E-state index in [1.54, 1.807) is 6.08 Å². The predicted octanol–water partition coefficient (Wildman–Crippen LogP) is 0.867. The van der Waals surface area contributed by atoms with Gasteiger partial charge >= 0.3 is 0 Å². The maximum Gasteiger partial charge on any atom is 0.171 e. The lowest BCUT2D eigenvalue weighted by Crippen LogP contribution is -2.13. The highest BCUT2D eigenvalue weighted by atomic mass is 32.2. The van der Waals surface area contributed by atoms with Crippen LogP contribution in [0.4, 0.5) is 0 Å². The van der Waals surface area contributed by atoms with Crippen molar-refractivity contribution < 1.29 is 9.59 Å². The molecule has 2 nitrogen and oxygen atoms in total. The van der Waals surface area contributed by atoms with Crippen molar-refractivity contribution in [1.29, 1.82) is 0 Å². The predicted molar refractivity (Wildman–Crippen MR) is 53.9 cm³/mol. The van der Waals surface area contributed by atoms with Gasteiger partial charge in [0.2, 0.25) is 0 Å². The lowest BCUT2D eigenvalue weighted by Gasteiger charge is -1.99. The van der Waals surface area contributed by atoms with Gasteiger partial charge in [-0.3, -0.25) is 9.59 Å². The number of Topliss-reactive ketones (excluding diaryl/α,β-unsaturated/α-hetero) is 1. The monoisotopic (exact) mass is 197 g/mol. The van der Waals surface area contributed by atoms with E-state index in [4.69, 9.17) is 0 Å². The van der Waals surface area contributed by atoms with Gasteiger partial charge in [-0.25, -0.2) is 0 Å². The Hall–Kier alpha value is -0.570. The van der Waals surface area contributed by atoms with Crippen molar-refractivity contribution in [3.8, 4) is 0 Å². The second-order valence-electron chi connectivity index (χ2n) is 3.61. The molecular weight excluding hydrogens is 184 g/mol. The molecule has 1 saturated heterocycles. The third-order valence-corrected chi connectivity index (χ3v) is 4.96. The van der Waals surface area contributed by atoms with E-state index in [1.165, 1.54) is 24.3 Å². The highest BCUT2D eigenvalue weighted by Crippen LogP contribution is 2.20. The fourth-order valence-electron chi connectivity index (χ4n) is 1.80. The third kappa shape index (κ3) is 2.02. The Bertz CT molecular complexity index is 275. The first-order valence-corrected chi connectivity index (χ1v) is 6.39. The van der Waals surface area contributed by atoms with Gasteiger partial charge in [0.15, 0.2) is 11.6 Å². The summed E-state index contributed by atoms with van der Waals surface area (Å²) >= 11 is 0. The topological polar surface area (TPSA) is 34.1 Å². The van der Waals surface area contributed by atoms with E-state index in [0.717, 1.165) is 11.3 Å². The van der Waals surface area contributed by atoms with Crippen LogP contribution in [-0.4, -0.2) is 28.8 Å². The van der Waals surface area contributed by atoms with Crippen molar-refractivity contribution >= 4 is 22.5 Å². The first kappa shape index (κ1) is 9.00. The Labute approximate surface area is 80.7 Å². The van der Waals surface area contributed by atoms with Crippen LogP contribution in [0.2, 0.25) is 0 Å². The third-order valence-electron chi connectivity index (χ3n) is 2.50. The molecule has 1 fully saturated rings. The Morgan fingerprint density at radius 3 is 2.46 bits per heavy atom. The fourth-order valence-corrected chi connectivity index (χ4v) is 4.20. The van der Waals surface area contributed by atoms with Gasteiger partial charge in [-0.15, -0.1) is 0 Å². The molecule has 0 unspecified atom stereocenters. The van der Waals surface area contributed by atoms with Crippen LogP contribution >= 0.6 is 0 Å². The molecule has 0 aromatic heterocycles. The summed E-state index contributed by atoms with van der Waals surface area (Å²) in [6, 6.07) is 0. The SMILES string of the molecule is O=C1C=C(C[S+]2CCCC2)C(=O)C1. The van der Waals surface area contributed by atoms with Gasteiger partial charge in [0, 0.05) is 5.57 Å². The number of rotatable bonds is 2. The zero-order chi connectivity index (χ0) is 9.26. The smallest absolute Gasteiger partial charge is 0.171 e. The van der Waals surface area contributed by atoms with Crippen LogP contribution in [0.25, 0.3) is 0 Å². The summed E-state index contributed by atoms with van der Waals surface area (Å²) in [7, 11) is 0.406. The summed E-state index contributed by atoms with van der Waals surface area (Å²) in [6.45, 7) is 0. The van der Waals surface area contributed by atoms with Gasteiger partial charge in [-0.05, 0) is 29.8 Å². The molecule has 2 aliphatic rings. The minimum atomic E-state index is 0.00259. The summed E-state index contributed by atoms with van der Waals surface area (Å²) in [5, 5.41) is 0. The molecule has 0 radical (unpaired) electrons. The molecule has 1 aliphatic heterocycles. The molecule has 1 heterocycles. The first-order chi connectivity index (χ1) is 6.25. The van der Waals surface area contributed by atoms with Gasteiger partial charge in [-0.1, -0.05) is 0 Å². The quantitative estimate of drug-likeness (QED) is 0.486. The van der Waals surface area contributed by atoms with Crippen LogP contribution in [-0.2, 0) is 20.5 Å². The average Bonchev–Trinajstić information content (AvgIpc) is 2.63. The Morgan fingerprint density at radius 2 is 1.92 bits per heavy atom. The molecule has 13 heavy (non-hydrogen) atoms. The molecule has 0 spiro atoms. The van der Waals surface area contributed by atoms with Crippen LogP contribution in [0, 0.1) is 0 Å². The number of allylic oxidation sites excluding steroid dienone is 1. The lowest BCUT2D eigenvalue weighted by atomic mass is 10.2. The van der Waals surface area contributed by atoms with Crippen molar-refractivity contribution in [2.45, 2.75) is 19.3 Å². The summed E-state index contributed by atoms with van der Waals surface area (Å²) in [4.78, 5) is 22.2. The second-order valence-corrected chi connectivity index (χ2v) is 5.94. The maximum atomic E-state index is 11.3. The van der Waals surface area contributed by atoms with E-state index in [9.17, 15) is 9.59 Å². The normalized spacial score (nSPS) is 24.2. The summed E-state index contributed by atoms with van der Waals surface area (Å²) in [6.07, 6.45) is 4.30. The molecule has 0 saturated carbocycles. The van der Waals surface area contributed by atoms with Crippen LogP contribution in [0.1, 0.15) is 19.3 Å². The summed E-state index contributed by atoms with van der Waals surface area (Å²) in [5.41, 5.74) is 0.801. The van der Waals surface area contributed by atoms with Crippen molar-refractivity contribution in [1.82, 2.24) is 0 Å². The highest BCUT2D eigenvalue weighted by molar-refractivity contribution is 7.97. The molecule has 3 heteroatoms. The molecule has 2 rings (SSSR count). The molecule has 70 valence electrons. The van der Waals surface area contributed by atoms with Crippen molar-refractivity contribution in [3.05, 3.63) is 11.6 Å². The van der Waals surface area contributed by atoms with Gasteiger partial charge in [0.05, 0.1) is 6.42 Å². The summed E-state index contributed by atoms with van der Waals surface area (Å²) in [5.74, 6) is 3.48. The van der Waals surface area contributed by atoms with E-state index in [0.29, 0.717) is 10.9 Å². The van der Waals surface area contributed by atoms with Crippen LogP contribution in [0.3, 0.4) is 0 Å². The van der Waals surface area contributed by atoms with E-state index < -0.39 is 0 Å². The van der Waals surface area contributed by atoms with Crippen molar-refractivity contribution in [2.75, 3.05) is 17.3 Å². The van der Waals surface area contributed by atoms with E-state index in [2.05, 4.69) is 0 Å².